The molecule has 0 bridgehead atoms. The summed E-state index contributed by atoms with van der Waals surface area (Å²) >= 11 is 0. The first-order valence-corrected chi connectivity index (χ1v) is 6.34. The molecule has 17 heavy (non-hydrogen) atoms. The van der Waals surface area contributed by atoms with Crippen LogP contribution in [0.5, 0.6) is 0 Å². The predicted molar refractivity (Wildman–Crippen MR) is 68.3 cm³/mol. The SMILES string of the molecule is NCCN(Cc1ccccc1)C(=O)C1CCC1. The average Bonchev–Trinajstić information content (AvgIpc) is 2.27. The molecule has 0 spiro atoms. The van der Waals surface area contributed by atoms with Crippen molar-refractivity contribution in [2.24, 2.45) is 11.7 Å². The summed E-state index contributed by atoms with van der Waals surface area (Å²) in [6, 6.07) is 10.1. The van der Waals surface area contributed by atoms with E-state index in [4.69, 9.17) is 5.73 Å². The second-order valence-electron chi connectivity index (χ2n) is 4.66. The van der Waals surface area contributed by atoms with E-state index in [0.717, 1.165) is 12.8 Å². The third-order valence-corrected chi connectivity index (χ3v) is 3.38. The molecule has 1 fully saturated rings. The summed E-state index contributed by atoms with van der Waals surface area (Å²) in [4.78, 5) is 14.1. The molecule has 3 heteroatoms. The van der Waals surface area contributed by atoms with Crippen molar-refractivity contribution in [1.29, 1.82) is 0 Å². The van der Waals surface area contributed by atoms with Crippen LogP contribution in [-0.4, -0.2) is 23.9 Å². The van der Waals surface area contributed by atoms with Crippen LogP contribution < -0.4 is 5.73 Å². The maximum absolute atomic E-state index is 12.2. The van der Waals surface area contributed by atoms with Gasteiger partial charge in [0.05, 0.1) is 0 Å². The highest BCUT2D eigenvalue weighted by Gasteiger charge is 2.28. The largest absolute Gasteiger partial charge is 0.337 e. The van der Waals surface area contributed by atoms with E-state index in [1.54, 1.807) is 0 Å². The molecule has 1 aliphatic carbocycles. The van der Waals surface area contributed by atoms with Gasteiger partial charge in [0.2, 0.25) is 5.91 Å². The molecule has 3 nitrogen and oxygen atoms in total. The summed E-state index contributed by atoms with van der Waals surface area (Å²) in [7, 11) is 0. The second-order valence-corrected chi connectivity index (χ2v) is 4.66. The van der Waals surface area contributed by atoms with Gasteiger partial charge >= 0.3 is 0 Å². The summed E-state index contributed by atoms with van der Waals surface area (Å²) in [6.07, 6.45) is 3.29. The normalized spacial score (nSPS) is 15.4. The van der Waals surface area contributed by atoms with E-state index in [1.807, 2.05) is 23.1 Å². The average molecular weight is 232 g/mol. The summed E-state index contributed by atoms with van der Waals surface area (Å²) < 4.78 is 0. The van der Waals surface area contributed by atoms with Gasteiger partial charge in [-0.2, -0.15) is 0 Å². The number of hydrogen-bond donors (Lipinski definition) is 1. The molecule has 2 N–H and O–H groups in total. The number of nitrogens with zero attached hydrogens (tertiary/aromatic N) is 1. The quantitative estimate of drug-likeness (QED) is 0.841. The Morgan fingerprint density at radius 3 is 2.53 bits per heavy atom. The zero-order valence-electron chi connectivity index (χ0n) is 10.1. The lowest BCUT2D eigenvalue weighted by atomic mass is 9.84. The number of carbonyl (C=O) groups excluding carboxylic acids is 1. The van der Waals surface area contributed by atoms with Gasteiger partial charge in [0.1, 0.15) is 0 Å². The minimum atomic E-state index is 0.255. The first kappa shape index (κ1) is 12.1. The molecule has 0 atom stereocenters. The van der Waals surface area contributed by atoms with Crippen molar-refractivity contribution < 1.29 is 4.79 Å². The fourth-order valence-corrected chi connectivity index (χ4v) is 2.14. The number of rotatable bonds is 5. The molecular formula is C14H20N2O. The fraction of sp³-hybridized carbons (Fsp3) is 0.500. The monoisotopic (exact) mass is 232 g/mol. The van der Waals surface area contributed by atoms with Gasteiger partial charge in [-0.3, -0.25) is 4.79 Å². The van der Waals surface area contributed by atoms with E-state index in [0.29, 0.717) is 19.6 Å². The van der Waals surface area contributed by atoms with Gasteiger partial charge in [0, 0.05) is 25.6 Å². The van der Waals surface area contributed by atoms with Crippen molar-refractivity contribution in [3.05, 3.63) is 35.9 Å². The Kier molecular flexibility index (Phi) is 4.15. The molecule has 0 aliphatic heterocycles. The van der Waals surface area contributed by atoms with E-state index in [9.17, 15) is 4.79 Å². The molecule has 1 aromatic rings. The highest BCUT2D eigenvalue weighted by molar-refractivity contribution is 5.79. The highest BCUT2D eigenvalue weighted by Crippen LogP contribution is 2.28. The standard InChI is InChI=1S/C14H20N2O/c15-9-10-16(14(17)13-7-4-8-13)11-12-5-2-1-3-6-12/h1-3,5-6,13H,4,7-11,15H2. The second kappa shape index (κ2) is 5.82. The smallest absolute Gasteiger partial charge is 0.226 e. The summed E-state index contributed by atoms with van der Waals surface area (Å²) in [5, 5.41) is 0. The lowest BCUT2D eigenvalue weighted by Gasteiger charge is -2.31. The van der Waals surface area contributed by atoms with Gasteiger partial charge in [0.15, 0.2) is 0 Å². The lowest BCUT2D eigenvalue weighted by Crippen LogP contribution is -2.41. The summed E-state index contributed by atoms with van der Waals surface area (Å²) in [5.41, 5.74) is 6.76. The minimum absolute atomic E-state index is 0.255. The van der Waals surface area contributed by atoms with Crippen LogP contribution in [0.3, 0.4) is 0 Å². The van der Waals surface area contributed by atoms with Gasteiger partial charge in [-0.25, -0.2) is 0 Å². The van der Waals surface area contributed by atoms with Gasteiger partial charge in [-0.15, -0.1) is 0 Å². The fourth-order valence-electron chi connectivity index (χ4n) is 2.14. The van der Waals surface area contributed by atoms with E-state index in [2.05, 4.69) is 12.1 Å². The number of hydrogen-bond acceptors (Lipinski definition) is 2. The maximum atomic E-state index is 12.2. The molecule has 0 heterocycles. The summed E-state index contributed by atoms with van der Waals surface area (Å²) in [5.74, 6) is 0.538. The predicted octanol–water partition coefficient (Wildman–Crippen LogP) is 1.77. The van der Waals surface area contributed by atoms with Gasteiger partial charge < -0.3 is 10.6 Å². The topological polar surface area (TPSA) is 46.3 Å². The molecular weight excluding hydrogens is 212 g/mol. The van der Waals surface area contributed by atoms with E-state index >= 15 is 0 Å². The lowest BCUT2D eigenvalue weighted by molar-refractivity contribution is -0.138. The Morgan fingerprint density at radius 1 is 1.29 bits per heavy atom. The minimum Gasteiger partial charge on any atom is -0.337 e. The van der Waals surface area contributed by atoms with Crippen LogP contribution >= 0.6 is 0 Å². The van der Waals surface area contributed by atoms with Crippen molar-refractivity contribution in [1.82, 2.24) is 4.90 Å². The van der Waals surface area contributed by atoms with E-state index in [1.165, 1.54) is 12.0 Å². The maximum Gasteiger partial charge on any atom is 0.226 e. The van der Waals surface area contributed by atoms with Gasteiger partial charge in [-0.1, -0.05) is 36.8 Å². The van der Waals surface area contributed by atoms with Crippen molar-refractivity contribution >= 4 is 5.91 Å². The summed E-state index contributed by atoms with van der Waals surface area (Å²) in [6.45, 7) is 1.88. The van der Waals surface area contributed by atoms with Crippen LogP contribution in [0, 0.1) is 5.92 Å². The van der Waals surface area contributed by atoms with E-state index in [-0.39, 0.29) is 11.8 Å². The Balaban J connectivity index is 1.99. The van der Waals surface area contributed by atoms with Crippen LogP contribution in [0.1, 0.15) is 24.8 Å². The van der Waals surface area contributed by atoms with Crippen molar-refractivity contribution in [3.63, 3.8) is 0 Å². The third kappa shape index (κ3) is 3.07. The Labute approximate surface area is 103 Å². The zero-order chi connectivity index (χ0) is 12.1. The molecule has 1 aromatic carbocycles. The first-order valence-electron chi connectivity index (χ1n) is 6.34. The molecule has 2 rings (SSSR count). The molecule has 0 aromatic heterocycles. The zero-order valence-corrected chi connectivity index (χ0v) is 10.1. The Morgan fingerprint density at radius 2 is 2.00 bits per heavy atom. The molecule has 92 valence electrons. The van der Waals surface area contributed by atoms with Gasteiger partial charge in [0.25, 0.3) is 0 Å². The molecule has 0 radical (unpaired) electrons. The molecule has 0 saturated heterocycles. The van der Waals surface area contributed by atoms with E-state index < -0.39 is 0 Å². The highest BCUT2D eigenvalue weighted by atomic mass is 16.2. The Hall–Kier alpha value is -1.35. The number of benzene rings is 1. The van der Waals surface area contributed by atoms with Gasteiger partial charge in [-0.05, 0) is 18.4 Å². The van der Waals surface area contributed by atoms with Crippen LogP contribution in [0.25, 0.3) is 0 Å². The van der Waals surface area contributed by atoms with Crippen molar-refractivity contribution in [2.45, 2.75) is 25.8 Å². The third-order valence-electron chi connectivity index (χ3n) is 3.38. The van der Waals surface area contributed by atoms with Crippen LogP contribution in [0.15, 0.2) is 30.3 Å². The number of amides is 1. The van der Waals surface area contributed by atoms with Crippen LogP contribution in [0.2, 0.25) is 0 Å². The number of carbonyl (C=O) groups is 1. The van der Waals surface area contributed by atoms with Crippen LogP contribution in [0.4, 0.5) is 0 Å². The van der Waals surface area contributed by atoms with Crippen molar-refractivity contribution in [3.8, 4) is 0 Å². The number of nitrogens with two attached hydrogens (primary N) is 1. The first-order chi connectivity index (χ1) is 8.31. The molecule has 1 amide bonds. The van der Waals surface area contributed by atoms with Crippen molar-refractivity contribution in [2.75, 3.05) is 13.1 Å². The molecule has 0 unspecified atom stereocenters. The molecule has 1 saturated carbocycles. The molecule has 1 aliphatic rings. The Bertz CT molecular complexity index is 360. The van der Waals surface area contributed by atoms with Crippen LogP contribution in [-0.2, 0) is 11.3 Å².